The second kappa shape index (κ2) is 5.52. The Morgan fingerprint density at radius 3 is 2.93 bits per heavy atom. The van der Waals surface area contributed by atoms with Gasteiger partial charge < -0.3 is 10.4 Å². The molecule has 0 saturated carbocycles. The third-order valence-corrected chi connectivity index (χ3v) is 2.76. The van der Waals surface area contributed by atoms with E-state index in [9.17, 15) is 0 Å². The molecule has 1 aliphatic carbocycles. The van der Waals surface area contributed by atoms with Gasteiger partial charge in [-0.1, -0.05) is 18.6 Å². The Labute approximate surface area is 87.4 Å². The van der Waals surface area contributed by atoms with Gasteiger partial charge in [-0.15, -0.1) is 0 Å². The molecule has 0 aromatic heterocycles. The lowest BCUT2D eigenvalue weighted by molar-refractivity contribution is 0.188. The summed E-state index contributed by atoms with van der Waals surface area (Å²) in [6.45, 7) is 8.08. The number of nitrogens with one attached hydrogen (secondary N) is 1. The topological polar surface area (TPSA) is 32.3 Å². The molecule has 3 atom stereocenters. The van der Waals surface area contributed by atoms with Gasteiger partial charge in [-0.2, -0.15) is 0 Å². The van der Waals surface area contributed by atoms with Crippen LogP contribution in [0.5, 0.6) is 0 Å². The van der Waals surface area contributed by atoms with E-state index in [1.165, 1.54) is 18.4 Å². The van der Waals surface area contributed by atoms with E-state index in [0.29, 0.717) is 6.54 Å². The average molecular weight is 197 g/mol. The van der Waals surface area contributed by atoms with Crippen molar-refractivity contribution in [2.24, 2.45) is 11.8 Å². The minimum Gasteiger partial charge on any atom is -0.392 e. The lowest BCUT2D eigenvalue weighted by Crippen LogP contribution is -2.31. The molecule has 0 aliphatic heterocycles. The highest BCUT2D eigenvalue weighted by Crippen LogP contribution is 2.27. The number of allylic oxidation sites excluding steroid dienone is 2. The van der Waals surface area contributed by atoms with Crippen molar-refractivity contribution in [1.29, 1.82) is 0 Å². The average Bonchev–Trinajstić information content (AvgIpc) is 2.01. The third kappa shape index (κ3) is 4.25. The third-order valence-electron chi connectivity index (χ3n) is 2.76. The Balaban J connectivity index is 2.23. The van der Waals surface area contributed by atoms with E-state index in [1.807, 2.05) is 6.92 Å². The Morgan fingerprint density at radius 1 is 1.64 bits per heavy atom. The molecule has 0 fully saturated rings. The molecule has 0 aromatic rings. The first-order valence-electron chi connectivity index (χ1n) is 5.64. The summed E-state index contributed by atoms with van der Waals surface area (Å²) in [6.07, 6.45) is 4.65. The van der Waals surface area contributed by atoms with Crippen LogP contribution in [0.15, 0.2) is 11.6 Å². The second-order valence-electron chi connectivity index (χ2n) is 4.80. The van der Waals surface area contributed by atoms with Gasteiger partial charge in [-0.05, 0) is 45.1 Å². The fourth-order valence-electron chi connectivity index (χ4n) is 2.34. The Morgan fingerprint density at radius 2 is 2.36 bits per heavy atom. The molecule has 0 aromatic carbocycles. The zero-order valence-electron chi connectivity index (χ0n) is 9.59. The molecule has 2 N–H and O–H groups in total. The van der Waals surface area contributed by atoms with E-state index in [2.05, 4.69) is 25.2 Å². The quantitative estimate of drug-likeness (QED) is 0.675. The van der Waals surface area contributed by atoms with Crippen LogP contribution in [-0.2, 0) is 0 Å². The fraction of sp³-hybridized carbons (Fsp3) is 0.833. The summed E-state index contributed by atoms with van der Waals surface area (Å²) in [4.78, 5) is 0. The van der Waals surface area contributed by atoms with Gasteiger partial charge in [0.05, 0.1) is 6.10 Å². The predicted octanol–water partition coefficient (Wildman–Crippen LogP) is 1.95. The highest BCUT2D eigenvalue weighted by Gasteiger charge is 2.17. The van der Waals surface area contributed by atoms with Crippen molar-refractivity contribution < 1.29 is 5.11 Å². The van der Waals surface area contributed by atoms with Crippen LogP contribution in [0.1, 0.15) is 33.6 Å². The van der Waals surface area contributed by atoms with Crippen molar-refractivity contribution in [3.8, 4) is 0 Å². The first kappa shape index (κ1) is 11.7. The van der Waals surface area contributed by atoms with Gasteiger partial charge in [0, 0.05) is 6.54 Å². The summed E-state index contributed by atoms with van der Waals surface area (Å²) in [7, 11) is 0. The second-order valence-corrected chi connectivity index (χ2v) is 4.80. The fourth-order valence-corrected chi connectivity index (χ4v) is 2.34. The molecule has 0 amide bonds. The van der Waals surface area contributed by atoms with Gasteiger partial charge >= 0.3 is 0 Å². The van der Waals surface area contributed by atoms with Crippen molar-refractivity contribution in [2.75, 3.05) is 13.1 Å². The van der Waals surface area contributed by atoms with E-state index in [-0.39, 0.29) is 6.10 Å². The Hall–Kier alpha value is -0.340. The van der Waals surface area contributed by atoms with Crippen LogP contribution < -0.4 is 5.32 Å². The molecule has 3 unspecified atom stereocenters. The van der Waals surface area contributed by atoms with E-state index in [1.54, 1.807) is 0 Å². The highest BCUT2D eigenvalue weighted by atomic mass is 16.3. The molecular weight excluding hydrogens is 174 g/mol. The van der Waals surface area contributed by atoms with E-state index in [4.69, 9.17) is 5.11 Å². The Kier molecular flexibility index (Phi) is 4.63. The van der Waals surface area contributed by atoms with Crippen LogP contribution in [-0.4, -0.2) is 24.3 Å². The van der Waals surface area contributed by atoms with Crippen LogP contribution in [0, 0.1) is 11.8 Å². The van der Waals surface area contributed by atoms with Gasteiger partial charge in [0.25, 0.3) is 0 Å². The molecule has 0 heterocycles. The van der Waals surface area contributed by atoms with Gasteiger partial charge in [0.1, 0.15) is 0 Å². The first-order valence-corrected chi connectivity index (χ1v) is 5.64. The number of hydrogen-bond acceptors (Lipinski definition) is 2. The smallest absolute Gasteiger partial charge is 0.0636 e. The van der Waals surface area contributed by atoms with Crippen LogP contribution in [0.4, 0.5) is 0 Å². The van der Waals surface area contributed by atoms with Crippen molar-refractivity contribution >= 4 is 0 Å². The Bertz CT molecular complexity index is 198. The van der Waals surface area contributed by atoms with Crippen LogP contribution >= 0.6 is 0 Å². The summed E-state index contributed by atoms with van der Waals surface area (Å²) in [6, 6.07) is 0. The standard InChI is InChI=1S/C12H23NO/c1-9-4-10(2)6-12(5-9)8-13-7-11(3)14/h4,9,11-14H,5-8H2,1-3H3. The lowest BCUT2D eigenvalue weighted by atomic mass is 9.84. The monoisotopic (exact) mass is 197 g/mol. The molecule has 0 spiro atoms. The molecule has 0 radical (unpaired) electrons. The largest absolute Gasteiger partial charge is 0.392 e. The van der Waals surface area contributed by atoms with Crippen LogP contribution in [0.25, 0.3) is 0 Å². The summed E-state index contributed by atoms with van der Waals surface area (Å²) in [5.41, 5.74) is 1.52. The molecule has 82 valence electrons. The molecule has 2 heteroatoms. The van der Waals surface area contributed by atoms with Crippen molar-refractivity contribution in [3.05, 3.63) is 11.6 Å². The van der Waals surface area contributed by atoms with Gasteiger partial charge in [-0.3, -0.25) is 0 Å². The summed E-state index contributed by atoms with van der Waals surface area (Å²) in [5.74, 6) is 1.48. The number of aliphatic hydroxyl groups is 1. The molecule has 0 bridgehead atoms. The summed E-state index contributed by atoms with van der Waals surface area (Å²) in [5, 5.41) is 12.4. The van der Waals surface area contributed by atoms with Gasteiger partial charge in [-0.25, -0.2) is 0 Å². The maximum absolute atomic E-state index is 9.11. The SMILES string of the molecule is CC1=CC(C)CC(CNCC(C)O)C1. The zero-order valence-corrected chi connectivity index (χ0v) is 9.59. The van der Waals surface area contributed by atoms with E-state index < -0.39 is 0 Å². The number of hydrogen-bond donors (Lipinski definition) is 2. The molecular formula is C12H23NO. The minimum atomic E-state index is -0.229. The molecule has 0 saturated heterocycles. The van der Waals surface area contributed by atoms with E-state index >= 15 is 0 Å². The number of rotatable bonds is 4. The minimum absolute atomic E-state index is 0.229. The van der Waals surface area contributed by atoms with Gasteiger partial charge in [0.15, 0.2) is 0 Å². The predicted molar refractivity (Wildman–Crippen MR) is 60.2 cm³/mol. The van der Waals surface area contributed by atoms with Crippen LogP contribution in [0.3, 0.4) is 0 Å². The normalized spacial score (nSPS) is 29.9. The maximum atomic E-state index is 9.11. The molecule has 2 nitrogen and oxygen atoms in total. The van der Waals surface area contributed by atoms with Crippen molar-refractivity contribution in [2.45, 2.75) is 39.7 Å². The van der Waals surface area contributed by atoms with Crippen molar-refractivity contribution in [1.82, 2.24) is 5.32 Å². The van der Waals surface area contributed by atoms with Crippen molar-refractivity contribution in [3.63, 3.8) is 0 Å². The summed E-state index contributed by atoms with van der Waals surface area (Å²) < 4.78 is 0. The van der Waals surface area contributed by atoms with Gasteiger partial charge in [0.2, 0.25) is 0 Å². The highest BCUT2D eigenvalue weighted by molar-refractivity contribution is 5.06. The van der Waals surface area contributed by atoms with Crippen LogP contribution in [0.2, 0.25) is 0 Å². The zero-order chi connectivity index (χ0) is 10.6. The molecule has 1 rings (SSSR count). The maximum Gasteiger partial charge on any atom is 0.0636 e. The van der Waals surface area contributed by atoms with E-state index in [0.717, 1.165) is 18.4 Å². The first-order chi connectivity index (χ1) is 6.58. The molecule has 1 aliphatic rings. The molecule has 14 heavy (non-hydrogen) atoms. The lowest BCUT2D eigenvalue weighted by Gasteiger charge is -2.25. The number of aliphatic hydroxyl groups excluding tert-OH is 1. The summed E-state index contributed by atoms with van der Waals surface area (Å²) >= 11 is 0.